The van der Waals surface area contributed by atoms with E-state index in [0.717, 1.165) is 18.8 Å². The second-order valence-electron chi connectivity index (χ2n) is 3.15. The number of rotatable bonds is 1. The van der Waals surface area contributed by atoms with E-state index in [1.807, 2.05) is 0 Å². The lowest BCUT2D eigenvalue weighted by atomic mass is 10.1. The number of ether oxygens (including phenoxy) is 1. The molecule has 0 saturated heterocycles. The van der Waals surface area contributed by atoms with Crippen molar-refractivity contribution in [3.8, 4) is 0 Å². The third kappa shape index (κ3) is 2.01. The Bertz CT molecular complexity index is 131. The van der Waals surface area contributed by atoms with Gasteiger partial charge in [-0.05, 0) is 25.2 Å². The maximum Gasteiger partial charge on any atom is 0.302 e. The Balaban J connectivity index is 2.24. The molecule has 0 aliphatic heterocycles. The van der Waals surface area contributed by atoms with Gasteiger partial charge >= 0.3 is 5.97 Å². The minimum absolute atomic E-state index is 0.140. The first-order valence-corrected chi connectivity index (χ1v) is 3.85. The minimum atomic E-state index is -0.140. The summed E-state index contributed by atoms with van der Waals surface area (Å²) in [5, 5.41) is 0. The van der Waals surface area contributed by atoms with E-state index in [-0.39, 0.29) is 12.1 Å². The third-order valence-electron chi connectivity index (χ3n) is 1.98. The summed E-state index contributed by atoms with van der Waals surface area (Å²) in [6.45, 7) is 3.67. The first-order chi connectivity index (χ1) is 4.68. The summed E-state index contributed by atoms with van der Waals surface area (Å²) < 4.78 is 5.04. The summed E-state index contributed by atoms with van der Waals surface area (Å²) in [6, 6.07) is 0. The molecule has 1 aliphatic carbocycles. The highest BCUT2D eigenvalue weighted by molar-refractivity contribution is 5.66. The SMILES string of the molecule is CC(=O)OC1CC[C@H](C)C1. The van der Waals surface area contributed by atoms with Crippen LogP contribution in [0.3, 0.4) is 0 Å². The Hall–Kier alpha value is -0.530. The van der Waals surface area contributed by atoms with E-state index in [2.05, 4.69) is 6.92 Å². The molecule has 0 heterocycles. The Morgan fingerprint density at radius 3 is 2.60 bits per heavy atom. The van der Waals surface area contributed by atoms with E-state index in [4.69, 9.17) is 4.74 Å². The lowest BCUT2D eigenvalue weighted by molar-refractivity contribution is -0.146. The minimum Gasteiger partial charge on any atom is -0.463 e. The van der Waals surface area contributed by atoms with Gasteiger partial charge < -0.3 is 4.74 Å². The molecule has 10 heavy (non-hydrogen) atoms. The molecule has 0 radical (unpaired) electrons. The second-order valence-corrected chi connectivity index (χ2v) is 3.15. The smallest absolute Gasteiger partial charge is 0.302 e. The zero-order chi connectivity index (χ0) is 7.56. The van der Waals surface area contributed by atoms with Crippen LogP contribution in [-0.4, -0.2) is 12.1 Å². The fraction of sp³-hybridized carbons (Fsp3) is 0.875. The monoisotopic (exact) mass is 142 g/mol. The van der Waals surface area contributed by atoms with Crippen molar-refractivity contribution in [3.63, 3.8) is 0 Å². The van der Waals surface area contributed by atoms with Gasteiger partial charge in [0.05, 0.1) is 0 Å². The number of carbonyl (C=O) groups is 1. The molecule has 1 rings (SSSR count). The molecule has 58 valence electrons. The first-order valence-electron chi connectivity index (χ1n) is 3.85. The van der Waals surface area contributed by atoms with Gasteiger partial charge in [0.25, 0.3) is 0 Å². The average Bonchev–Trinajstić information content (AvgIpc) is 2.13. The highest BCUT2D eigenvalue weighted by Gasteiger charge is 2.22. The molecule has 0 aromatic rings. The lowest BCUT2D eigenvalue weighted by Crippen LogP contribution is -2.11. The molecule has 0 spiro atoms. The molecule has 0 aromatic carbocycles. The summed E-state index contributed by atoms with van der Waals surface area (Å²) >= 11 is 0. The van der Waals surface area contributed by atoms with Gasteiger partial charge in [0, 0.05) is 6.92 Å². The number of hydrogen-bond acceptors (Lipinski definition) is 2. The van der Waals surface area contributed by atoms with Crippen LogP contribution in [0.2, 0.25) is 0 Å². The predicted octanol–water partition coefficient (Wildman–Crippen LogP) is 1.74. The van der Waals surface area contributed by atoms with Crippen molar-refractivity contribution in [3.05, 3.63) is 0 Å². The molecule has 0 amide bonds. The fourth-order valence-electron chi connectivity index (χ4n) is 1.50. The topological polar surface area (TPSA) is 26.3 Å². The first kappa shape index (κ1) is 7.58. The second kappa shape index (κ2) is 3.04. The fourth-order valence-corrected chi connectivity index (χ4v) is 1.50. The molecule has 0 bridgehead atoms. The van der Waals surface area contributed by atoms with E-state index in [9.17, 15) is 4.79 Å². The molecule has 1 aliphatic rings. The maximum absolute atomic E-state index is 10.5. The van der Waals surface area contributed by atoms with Crippen LogP contribution in [0.4, 0.5) is 0 Å². The van der Waals surface area contributed by atoms with E-state index in [1.165, 1.54) is 13.3 Å². The summed E-state index contributed by atoms with van der Waals surface area (Å²) in [7, 11) is 0. The Morgan fingerprint density at radius 1 is 1.50 bits per heavy atom. The van der Waals surface area contributed by atoms with Crippen LogP contribution in [0.15, 0.2) is 0 Å². The lowest BCUT2D eigenvalue weighted by Gasteiger charge is -2.08. The van der Waals surface area contributed by atoms with E-state index in [1.54, 1.807) is 0 Å². The van der Waals surface area contributed by atoms with Crippen molar-refractivity contribution in [2.45, 2.75) is 39.2 Å². The van der Waals surface area contributed by atoms with Crippen LogP contribution in [0.1, 0.15) is 33.1 Å². The number of esters is 1. The summed E-state index contributed by atoms with van der Waals surface area (Å²) in [4.78, 5) is 10.5. The van der Waals surface area contributed by atoms with Gasteiger partial charge in [-0.1, -0.05) is 6.92 Å². The molecule has 2 atom stereocenters. The van der Waals surface area contributed by atoms with Crippen molar-refractivity contribution >= 4 is 5.97 Å². The van der Waals surface area contributed by atoms with Crippen LogP contribution in [-0.2, 0) is 9.53 Å². The van der Waals surface area contributed by atoms with Gasteiger partial charge in [0.15, 0.2) is 0 Å². The van der Waals surface area contributed by atoms with Crippen molar-refractivity contribution < 1.29 is 9.53 Å². The summed E-state index contributed by atoms with van der Waals surface area (Å²) in [5.41, 5.74) is 0. The van der Waals surface area contributed by atoms with E-state index >= 15 is 0 Å². The molecule has 0 aromatic heterocycles. The highest BCUT2D eigenvalue weighted by atomic mass is 16.5. The van der Waals surface area contributed by atoms with Crippen molar-refractivity contribution in [1.29, 1.82) is 0 Å². The van der Waals surface area contributed by atoms with Crippen molar-refractivity contribution in [1.82, 2.24) is 0 Å². The van der Waals surface area contributed by atoms with Gasteiger partial charge in [0.1, 0.15) is 6.10 Å². The van der Waals surface area contributed by atoms with Gasteiger partial charge in [-0.3, -0.25) is 4.79 Å². The Labute approximate surface area is 61.6 Å². The van der Waals surface area contributed by atoms with Gasteiger partial charge in [0.2, 0.25) is 0 Å². The van der Waals surface area contributed by atoms with Gasteiger partial charge in [-0.2, -0.15) is 0 Å². The summed E-state index contributed by atoms with van der Waals surface area (Å²) in [5.74, 6) is 0.600. The highest BCUT2D eigenvalue weighted by Crippen LogP contribution is 2.26. The largest absolute Gasteiger partial charge is 0.463 e. The standard InChI is InChI=1S/C8H14O2/c1-6-3-4-8(5-6)10-7(2)9/h6,8H,3-5H2,1-2H3/t6-,8?/m0/s1. The molecular formula is C8H14O2. The molecule has 2 heteroatoms. The Morgan fingerprint density at radius 2 is 2.20 bits per heavy atom. The zero-order valence-electron chi connectivity index (χ0n) is 6.59. The van der Waals surface area contributed by atoms with E-state index < -0.39 is 0 Å². The average molecular weight is 142 g/mol. The van der Waals surface area contributed by atoms with Crippen LogP contribution < -0.4 is 0 Å². The van der Waals surface area contributed by atoms with Crippen LogP contribution in [0, 0.1) is 5.92 Å². The number of hydrogen-bond donors (Lipinski definition) is 0. The predicted molar refractivity (Wildman–Crippen MR) is 38.6 cm³/mol. The van der Waals surface area contributed by atoms with Crippen LogP contribution in [0.5, 0.6) is 0 Å². The van der Waals surface area contributed by atoms with Gasteiger partial charge in [-0.25, -0.2) is 0 Å². The molecule has 1 fully saturated rings. The van der Waals surface area contributed by atoms with Crippen LogP contribution in [0.25, 0.3) is 0 Å². The van der Waals surface area contributed by atoms with E-state index in [0.29, 0.717) is 0 Å². The molecule has 2 nitrogen and oxygen atoms in total. The third-order valence-corrected chi connectivity index (χ3v) is 1.98. The molecule has 0 N–H and O–H groups in total. The summed E-state index contributed by atoms with van der Waals surface area (Å²) in [6.07, 6.45) is 3.53. The van der Waals surface area contributed by atoms with Gasteiger partial charge in [-0.15, -0.1) is 0 Å². The number of carbonyl (C=O) groups excluding carboxylic acids is 1. The normalized spacial score (nSPS) is 32.2. The van der Waals surface area contributed by atoms with Crippen molar-refractivity contribution in [2.75, 3.05) is 0 Å². The molecule has 1 unspecified atom stereocenters. The zero-order valence-corrected chi connectivity index (χ0v) is 6.59. The Kier molecular flexibility index (Phi) is 2.30. The quantitative estimate of drug-likeness (QED) is 0.521. The molecular weight excluding hydrogens is 128 g/mol. The van der Waals surface area contributed by atoms with Crippen molar-refractivity contribution in [2.24, 2.45) is 5.92 Å². The van der Waals surface area contributed by atoms with Crippen LogP contribution >= 0.6 is 0 Å². The maximum atomic E-state index is 10.5. The molecule has 1 saturated carbocycles.